The van der Waals surface area contributed by atoms with Crippen molar-refractivity contribution in [2.45, 2.75) is 13.5 Å². The van der Waals surface area contributed by atoms with Crippen molar-refractivity contribution in [3.63, 3.8) is 0 Å². The lowest BCUT2D eigenvalue weighted by Crippen LogP contribution is -2.36. The Kier molecular flexibility index (Phi) is 3.49. The van der Waals surface area contributed by atoms with Crippen molar-refractivity contribution >= 4 is 17.2 Å². The Bertz CT molecular complexity index is 532. The lowest BCUT2D eigenvalue weighted by Gasteiger charge is -2.02. The van der Waals surface area contributed by atoms with E-state index in [1.165, 1.54) is 11.3 Å². The summed E-state index contributed by atoms with van der Waals surface area (Å²) in [7, 11) is 0. The van der Waals surface area contributed by atoms with Gasteiger partial charge in [-0.2, -0.15) is 4.57 Å². The van der Waals surface area contributed by atoms with Crippen LogP contribution in [0.5, 0.6) is 0 Å². The molecule has 0 aliphatic carbocycles. The molecule has 0 amide bonds. The van der Waals surface area contributed by atoms with Crippen LogP contribution in [0.1, 0.15) is 16.8 Å². The van der Waals surface area contributed by atoms with Gasteiger partial charge < -0.3 is 5.73 Å². The first kappa shape index (κ1) is 11.7. The normalized spacial score (nSPS) is 10.2. The number of aromatic nitrogens is 1. The molecule has 0 fully saturated rings. The smallest absolute Gasteiger partial charge is 0.178 e. The molecule has 1 heterocycles. The maximum absolute atomic E-state index is 5.57. The predicted octanol–water partition coefficient (Wildman–Crippen LogP) is 1.97. The summed E-state index contributed by atoms with van der Waals surface area (Å²) in [5.74, 6) is 0. The van der Waals surface area contributed by atoms with Crippen molar-refractivity contribution in [1.82, 2.24) is 0 Å². The fraction of sp³-hybridized carbons (Fsp3) is 0.143. The van der Waals surface area contributed by atoms with E-state index in [1.807, 2.05) is 24.3 Å². The standard InChI is InChI=1S/C14H14N2S/c1-11-4-2-3-9-16(11)10-12-5-7-13(8-6-12)14(15)17/h2-9H,10H2,1H3,(H-,15,17)/p+1. The van der Waals surface area contributed by atoms with Crippen LogP contribution in [-0.4, -0.2) is 4.99 Å². The largest absolute Gasteiger partial charge is 0.389 e. The molecule has 0 aliphatic rings. The minimum Gasteiger partial charge on any atom is -0.389 e. The first-order valence-corrected chi connectivity index (χ1v) is 5.91. The summed E-state index contributed by atoms with van der Waals surface area (Å²) >= 11 is 4.93. The highest BCUT2D eigenvalue weighted by atomic mass is 32.1. The third-order valence-corrected chi connectivity index (χ3v) is 2.99. The van der Waals surface area contributed by atoms with Gasteiger partial charge in [-0.15, -0.1) is 0 Å². The van der Waals surface area contributed by atoms with Crippen LogP contribution in [0.15, 0.2) is 48.7 Å². The second-order valence-electron chi connectivity index (χ2n) is 4.03. The third-order valence-electron chi connectivity index (χ3n) is 2.76. The lowest BCUT2D eigenvalue weighted by atomic mass is 10.1. The Balaban J connectivity index is 2.20. The van der Waals surface area contributed by atoms with Gasteiger partial charge in [0.15, 0.2) is 18.4 Å². The molecule has 0 saturated heterocycles. The van der Waals surface area contributed by atoms with Gasteiger partial charge in [-0.25, -0.2) is 0 Å². The number of hydrogen-bond acceptors (Lipinski definition) is 1. The molecule has 86 valence electrons. The van der Waals surface area contributed by atoms with Gasteiger partial charge in [0, 0.05) is 30.2 Å². The zero-order valence-corrected chi connectivity index (χ0v) is 10.6. The molecule has 0 atom stereocenters. The zero-order chi connectivity index (χ0) is 12.3. The fourth-order valence-corrected chi connectivity index (χ4v) is 1.85. The summed E-state index contributed by atoms with van der Waals surface area (Å²) in [4.78, 5) is 0.445. The highest BCUT2D eigenvalue weighted by Crippen LogP contribution is 2.04. The molecule has 0 spiro atoms. The fourth-order valence-electron chi connectivity index (χ4n) is 1.71. The van der Waals surface area contributed by atoms with Crippen LogP contribution in [0.25, 0.3) is 0 Å². The maximum atomic E-state index is 5.57. The Morgan fingerprint density at radius 3 is 2.47 bits per heavy atom. The van der Waals surface area contributed by atoms with Gasteiger partial charge >= 0.3 is 0 Å². The first-order valence-electron chi connectivity index (χ1n) is 5.50. The summed E-state index contributed by atoms with van der Waals surface area (Å²) in [6.07, 6.45) is 2.08. The van der Waals surface area contributed by atoms with Crippen molar-refractivity contribution in [3.05, 3.63) is 65.5 Å². The number of benzene rings is 1. The molecule has 1 aromatic carbocycles. The Hall–Kier alpha value is -1.74. The van der Waals surface area contributed by atoms with Gasteiger partial charge in [-0.05, 0) is 0 Å². The van der Waals surface area contributed by atoms with E-state index in [0.717, 1.165) is 12.1 Å². The third kappa shape index (κ3) is 2.88. The minimum atomic E-state index is 0.445. The molecule has 0 aliphatic heterocycles. The summed E-state index contributed by atoms with van der Waals surface area (Å²) in [5, 5.41) is 0. The zero-order valence-electron chi connectivity index (χ0n) is 9.76. The van der Waals surface area contributed by atoms with E-state index in [9.17, 15) is 0 Å². The van der Waals surface area contributed by atoms with Crippen LogP contribution < -0.4 is 10.3 Å². The van der Waals surface area contributed by atoms with Crippen molar-refractivity contribution in [2.75, 3.05) is 0 Å². The second-order valence-corrected chi connectivity index (χ2v) is 4.47. The summed E-state index contributed by atoms with van der Waals surface area (Å²) < 4.78 is 2.20. The monoisotopic (exact) mass is 243 g/mol. The van der Waals surface area contributed by atoms with Crippen LogP contribution in [0.3, 0.4) is 0 Å². The van der Waals surface area contributed by atoms with E-state index in [2.05, 4.69) is 35.9 Å². The van der Waals surface area contributed by atoms with Crippen molar-refractivity contribution in [1.29, 1.82) is 0 Å². The number of rotatable bonds is 3. The van der Waals surface area contributed by atoms with Crippen LogP contribution in [0.4, 0.5) is 0 Å². The number of pyridine rings is 1. The van der Waals surface area contributed by atoms with Gasteiger partial charge in [0.2, 0.25) is 0 Å². The number of nitrogens with two attached hydrogens (primary N) is 1. The molecule has 2 aromatic rings. The molecule has 1 aromatic heterocycles. The van der Waals surface area contributed by atoms with Crippen molar-refractivity contribution in [2.24, 2.45) is 5.73 Å². The van der Waals surface area contributed by atoms with E-state index < -0.39 is 0 Å². The number of nitrogens with zero attached hydrogens (tertiary/aromatic N) is 1. The minimum absolute atomic E-state index is 0.445. The number of aryl methyl sites for hydroxylation is 1. The molecule has 0 radical (unpaired) electrons. The Morgan fingerprint density at radius 2 is 1.88 bits per heavy atom. The molecule has 0 unspecified atom stereocenters. The first-order chi connectivity index (χ1) is 8.16. The van der Waals surface area contributed by atoms with E-state index in [0.29, 0.717) is 4.99 Å². The van der Waals surface area contributed by atoms with Gasteiger partial charge in [-0.3, -0.25) is 0 Å². The summed E-state index contributed by atoms with van der Waals surface area (Å²) in [6, 6.07) is 14.2. The van der Waals surface area contributed by atoms with Gasteiger partial charge in [0.1, 0.15) is 4.99 Å². The maximum Gasteiger partial charge on any atom is 0.178 e. The molecule has 2 rings (SSSR count). The average Bonchev–Trinajstić information content (AvgIpc) is 2.33. The summed E-state index contributed by atoms with van der Waals surface area (Å²) in [5.41, 5.74) is 8.96. The molecule has 0 saturated carbocycles. The quantitative estimate of drug-likeness (QED) is 0.660. The SMILES string of the molecule is Cc1cccc[n+]1Cc1ccc(C(N)=S)cc1. The molecular weight excluding hydrogens is 228 g/mol. The van der Waals surface area contributed by atoms with Crippen LogP contribution in [0.2, 0.25) is 0 Å². The second kappa shape index (κ2) is 5.06. The number of hydrogen-bond donors (Lipinski definition) is 1. The van der Waals surface area contributed by atoms with E-state index in [-0.39, 0.29) is 0 Å². The van der Waals surface area contributed by atoms with Crippen molar-refractivity contribution in [3.8, 4) is 0 Å². The topological polar surface area (TPSA) is 29.9 Å². The summed E-state index contributed by atoms with van der Waals surface area (Å²) in [6.45, 7) is 2.97. The van der Waals surface area contributed by atoms with E-state index >= 15 is 0 Å². The molecule has 3 heteroatoms. The lowest BCUT2D eigenvalue weighted by molar-refractivity contribution is -0.694. The molecule has 2 N–H and O–H groups in total. The van der Waals surface area contributed by atoms with E-state index in [4.69, 9.17) is 18.0 Å². The number of thiocarbonyl (C=S) groups is 1. The Morgan fingerprint density at radius 1 is 1.18 bits per heavy atom. The van der Waals surface area contributed by atoms with Gasteiger partial charge in [-0.1, -0.05) is 42.5 Å². The van der Waals surface area contributed by atoms with E-state index in [1.54, 1.807) is 0 Å². The van der Waals surface area contributed by atoms with Crippen LogP contribution in [-0.2, 0) is 6.54 Å². The average molecular weight is 243 g/mol. The van der Waals surface area contributed by atoms with Gasteiger partial charge in [0.25, 0.3) is 0 Å². The van der Waals surface area contributed by atoms with Gasteiger partial charge in [0.05, 0.1) is 0 Å². The molecule has 0 bridgehead atoms. The highest BCUT2D eigenvalue weighted by molar-refractivity contribution is 7.80. The predicted molar refractivity (Wildman–Crippen MR) is 72.8 cm³/mol. The highest BCUT2D eigenvalue weighted by Gasteiger charge is 2.05. The molecule has 2 nitrogen and oxygen atoms in total. The van der Waals surface area contributed by atoms with Crippen LogP contribution >= 0.6 is 12.2 Å². The Labute approximate surface area is 107 Å². The molecular formula is C14H15N2S+. The van der Waals surface area contributed by atoms with Crippen molar-refractivity contribution < 1.29 is 4.57 Å². The van der Waals surface area contributed by atoms with Crippen LogP contribution in [0, 0.1) is 6.92 Å². The molecule has 17 heavy (non-hydrogen) atoms.